The first-order valence-corrected chi connectivity index (χ1v) is 7.32. The zero-order valence-electron chi connectivity index (χ0n) is 12.5. The summed E-state index contributed by atoms with van der Waals surface area (Å²) in [6.45, 7) is 2.60. The van der Waals surface area contributed by atoms with E-state index in [9.17, 15) is 5.11 Å². The van der Waals surface area contributed by atoms with Crippen LogP contribution in [0.15, 0.2) is 54.6 Å². The number of hydrogen-bond acceptors (Lipinski definition) is 3. The first-order valence-electron chi connectivity index (χ1n) is 7.32. The summed E-state index contributed by atoms with van der Waals surface area (Å²) in [7, 11) is 0. The second-order valence-corrected chi connectivity index (χ2v) is 5.52. The number of rotatable bonds is 7. The summed E-state index contributed by atoms with van der Waals surface area (Å²) in [6.07, 6.45) is 1.41. The van der Waals surface area contributed by atoms with Crippen LogP contribution in [-0.4, -0.2) is 23.9 Å². The average Bonchev–Trinajstić information content (AvgIpc) is 2.53. The lowest BCUT2D eigenvalue weighted by molar-refractivity contribution is 0.0536. The van der Waals surface area contributed by atoms with Crippen LogP contribution in [0.5, 0.6) is 5.75 Å². The number of benzene rings is 2. The first-order chi connectivity index (χ1) is 10.1. The van der Waals surface area contributed by atoms with Gasteiger partial charge in [-0.1, -0.05) is 48.5 Å². The van der Waals surface area contributed by atoms with Crippen molar-refractivity contribution in [3.8, 4) is 16.9 Å². The molecule has 3 nitrogen and oxygen atoms in total. The van der Waals surface area contributed by atoms with Gasteiger partial charge in [0.25, 0.3) is 0 Å². The molecule has 0 fully saturated rings. The Bertz CT molecular complexity index is 552. The van der Waals surface area contributed by atoms with Crippen molar-refractivity contribution in [3.63, 3.8) is 0 Å². The van der Waals surface area contributed by atoms with Gasteiger partial charge in [0.2, 0.25) is 0 Å². The highest BCUT2D eigenvalue weighted by Gasteiger charge is 2.17. The number of aliphatic hydroxyl groups is 1. The summed E-state index contributed by atoms with van der Waals surface area (Å²) in [5.74, 6) is 0.871. The minimum atomic E-state index is -0.803. The Hall–Kier alpha value is -1.84. The van der Waals surface area contributed by atoms with Gasteiger partial charge in [0.05, 0.1) is 12.2 Å². The third-order valence-corrected chi connectivity index (χ3v) is 3.53. The molecule has 3 N–H and O–H groups in total. The largest absolute Gasteiger partial charge is 0.493 e. The van der Waals surface area contributed by atoms with Crippen LogP contribution in [0.4, 0.5) is 0 Å². The predicted molar refractivity (Wildman–Crippen MR) is 86.3 cm³/mol. The van der Waals surface area contributed by atoms with Crippen LogP contribution in [0.2, 0.25) is 0 Å². The Morgan fingerprint density at radius 3 is 2.43 bits per heavy atom. The van der Waals surface area contributed by atoms with Crippen LogP contribution in [0, 0.1) is 0 Å². The van der Waals surface area contributed by atoms with Crippen molar-refractivity contribution in [1.82, 2.24) is 0 Å². The van der Waals surface area contributed by atoms with Gasteiger partial charge in [-0.2, -0.15) is 0 Å². The maximum atomic E-state index is 9.87. The molecule has 0 aromatic heterocycles. The molecule has 0 aliphatic heterocycles. The molecule has 0 saturated carbocycles. The molecular weight excluding hydrogens is 262 g/mol. The van der Waals surface area contributed by atoms with E-state index in [0.29, 0.717) is 13.0 Å². The maximum Gasteiger partial charge on any atom is 0.127 e. The number of para-hydroxylation sites is 1. The quantitative estimate of drug-likeness (QED) is 0.768. The minimum Gasteiger partial charge on any atom is -0.493 e. The van der Waals surface area contributed by atoms with Crippen molar-refractivity contribution in [3.05, 3.63) is 54.6 Å². The molecule has 2 rings (SSSR count). The molecular formula is C18H23NO2. The van der Waals surface area contributed by atoms with Gasteiger partial charge in [-0.05, 0) is 31.4 Å². The fraction of sp³-hybridized carbons (Fsp3) is 0.333. The molecule has 0 aliphatic rings. The summed E-state index contributed by atoms with van der Waals surface area (Å²) >= 11 is 0. The molecule has 0 aliphatic carbocycles. The lowest BCUT2D eigenvalue weighted by Gasteiger charge is -2.20. The highest BCUT2D eigenvalue weighted by Crippen LogP contribution is 2.29. The van der Waals surface area contributed by atoms with E-state index in [1.807, 2.05) is 36.4 Å². The summed E-state index contributed by atoms with van der Waals surface area (Å²) in [5.41, 5.74) is 6.93. The Kier molecular flexibility index (Phi) is 5.37. The maximum absolute atomic E-state index is 9.87. The summed E-state index contributed by atoms with van der Waals surface area (Å²) in [4.78, 5) is 0. The number of ether oxygens (including phenoxy) is 1. The molecule has 1 atom stereocenters. The SMILES string of the molecule is CC(O)(CN)CCCOc1ccccc1-c1ccccc1. The minimum absolute atomic E-state index is 0.271. The van der Waals surface area contributed by atoms with Crippen LogP contribution in [0.3, 0.4) is 0 Å². The third-order valence-electron chi connectivity index (χ3n) is 3.53. The smallest absolute Gasteiger partial charge is 0.127 e. The summed E-state index contributed by atoms with van der Waals surface area (Å²) in [6, 6.07) is 18.2. The van der Waals surface area contributed by atoms with E-state index in [2.05, 4.69) is 18.2 Å². The van der Waals surface area contributed by atoms with E-state index < -0.39 is 5.60 Å². The molecule has 0 amide bonds. The Morgan fingerprint density at radius 1 is 1.05 bits per heavy atom. The molecule has 0 heterocycles. The second-order valence-electron chi connectivity index (χ2n) is 5.52. The molecule has 112 valence electrons. The first kappa shape index (κ1) is 15.5. The Balaban J connectivity index is 1.98. The van der Waals surface area contributed by atoms with E-state index in [4.69, 9.17) is 10.5 Å². The zero-order valence-corrected chi connectivity index (χ0v) is 12.5. The number of nitrogens with two attached hydrogens (primary N) is 1. The van der Waals surface area contributed by atoms with Crippen molar-refractivity contribution >= 4 is 0 Å². The predicted octanol–water partition coefficient (Wildman–Crippen LogP) is 3.22. The fourth-order valence-corrected chi connectivity index (χ4v) is 2.19. The normalized spacial score (nSPS) is 13.7. The van der Waals surface area contributed by atoms with Crippen molar-refractivity contribution in [2.45, 2.75) is 25.4 Å². The van der Waals surface area contributed by atoms with Crippen LogP contribution in [0.25, 0.3) is 11.1 Å². The summed E-state index contributed by atoms with van der Waals surface area (Å²) < 4.78 is 5.88. The highest BCUT2D eigenvalue weighted by molar-refractivity contribution is 5.70. The molecule has 1 unspecified atom stereocenters. The van der Waals surface area contributed by atoms with E-state index in [0.717, 1.165) is 23.3 Å². The lowest BCUT2D eigenvalue weighted by atomic mass is 10.0. The van der Waals surface area contributed by atoms with Gasteiger partial charge in [-0.15, -0.1) is 0 Å². The van der Waals surface area contributed by atoms with E-state index in [1.54, 1.807) is 6.92 Å². The fourth-order valence-electron chi connectivity index (χ4n) is 2.19. The Labute approximate surface area is 126 Å². The van der Waals surface area contributed by atoms with Crippen molar-refractivity contribution in [2.75, 3.05) is 13.2 Å². The molecule has 3 heteroatoms. The molecule has 2 aromatic carbocycles. The van der Waals surface area contributed by atoms with Gasteiger partial charge in [-0.25, -0.2) is 0 Å². The van der Waals surface area contributed by atoms with Gasteiger partial charge in [0.1, 0.15) is 5.75 Å². The van der Waals surface area contributed by atoms with Crippen LogP contribution in [0.1, 0.15) is 19.8 Å². The van der Waals surface area contributed by atoms with Crippen LogP contribution < -0.4 is 10.5 Å². The van der Waals surface area contributed by atoms with Crippen molar-refractivity contribution in [2.24, 2.45) is 5.73 Å². The average molecular weight is 285 g/mol. The number of hydrogen-bond donors (Lipinski definition) is 2. The molecule has 0 radical (unpaired) electrons. The van der Waals surface area contributed by atoms with Gasteiger partial charge < -0.3 is 15.6 Å². The Morgan fingerprint density at radius 2 is 1.71 bits per heavy atom. The second kappa shape index (κ2) is 7.25. The van der Waals surface area contributed by atoms with Gasteiger partial charge >= 0.3 is 0 Å². The summed E-state index contributed by atoms with van der Waals surface area (Å²) in [5, 5.41) is 9.87. The molecule has 0 spiro atoms. The van der Waals surface area contributed by atoms with Crippen molar-refractivity contribution < 1.29 is 9.84 Å². The molecule has 2 aromatic rings. The van der Waals surface area contributed by atoms with Gasteiger partial charge in [0.15, 0.2) is 0 Å². The van der Waals surface area contributed by atoms with Crippen molar-refractivity contribution in [1.29, 1.82) is 0 Å². The standard InChI is InChI=1S/C18H23NO2/c1-18(20,14-19)12-7-13-21-17-11-6-5-10-16(17)15-8-3-2-4-9-15/h2-6,8-11,20H,7,12-14,19H2,1H3. The van der Waals surface area contributed by atoms with Gasteiger partial charge in [-0.3, -0.25) is 0 Å². The topological polar surface area (TPSA) is 55.5 Å². The van der Waals surface area contributed by atoms with Crippen LogP contribution >= 0.6 is 0 Å². The highest BCUT2D eigenvalue weighted by atomic mass is 16.5. The molecule has 0 bridgehead atoms. The third kappa shape index (κ3) is 4.59. The van der Waals surface area contributed by atoms with Crippen LogP contribution in [-0.2, 0) is 0 Å². The molecule has 0 saturated heterocycles. The van der Waals surface area contributed by atoms with Gasteiger partial charge in [0, 0.05) is 12.1 Å². The lowest BCUT2D eigenvalue weighted by Crippen LogP contribution is -2.34. The van der Waals surface area contributed by atoms with E-state index in [1.165, 1.54) is 0 Å². The van der Waals surface area contributed by atoms with E-state index in [-0.39, 0.29) is 6.54 Å². The molecule has 21 heavy (non-hydrogen) atoms. The monoisotopic (exact) mass is 285 g/mol. The zero-order chi connectivity index (χ0) is 15.1. The van der Waals surface area contributed by atoms with E-state index >= 15 is 0 Å².